The van der Waals surface area contributed by atoms with E-state index in [1.165, 1.54) is 37.3 Å². The highest BCUT2D eigenvalue weighted by Gasteiger charge is 2.16. The number of hydrogen-bond donors (Lipinski definition) is 0. The summed E-state index contributed by atoms with van der Waals surface area (Å²) >= 11 is 5.73. The van der Waals surface area contributed by atoms with Crippen LogP contribution in [0.5, 0.6) is 0 Å². The molecule has 100 valence electrons. The summed E-state index contributed by atoms with van der Waals surface area (Å²) in [6.45, 7) is 9.12. The van der Waals surface area contributed by atoms with Crippen LogP contribution in [0.15, 0.2) is 24.3 Å². The molecule has 1 aromatic carbocycles. The minimum Gasteiger partial charge on any atom is -0.301 e. The summed E-state index contributed by atoms with van der Waals surface area (Å²) in [5.74, 6) is 0.781. The fourth-order valence-electron chi connectivity index (χ4n) is 2.52. The van der Waals surface area contributed by atoms with E-state index in [2.05, 4.69) is 41.0 Å². The smallest absolute Gasteiger partial charge is 0.0235 e. The van der Waals surface area contributed by atoms with Crippen LogP contribution in [-0.2, 0) is 6.54 Å². The van der Waals surface area contributed by atoms with Crippen LogP contribution < -0.4 is 0 Å². The predicted molar refractivity (Wildman–Crippen MR) is 78.2 cm³/mol. The molecule has 1 aliphatic rings. The van der Waals surface area contributed by atoms with Crippen molar-refractivity contribution in [3.05, 3.63) is 35.4 Å². The van der Waals surface area contributed by atoms with Crippen LogP contribution in [0.2, 0.25) is 0 Å². The molecule has 0 spiro atoms. The summed E-state index contributed by atoms with van der Waals surface area (Å²) < 4.78 is 0. The summed E-state index contributed by atoms with van der Waals surface area (Å²) in [6, 6.07) is 8.84. The summed E-state index contributed by atoms with van der Waals surface area (Å²) in [7, 11) is 0. The van der Waals surface area contributed by atoms with Gasteiger partial charge in [0, 0.05) is 38.6 Å². The molecule has 0 atom stereocenters. The Kier molecular flexibility index (Phi) is 5.48. The van der Waals surface area contributed by atoms with Crippen molar-refractivity contribution in [3.8, 4) is 0 Å². The topological polar surface area (TPSA) is 6.48 Å². The molecule has 0 bridgehead atoms. The van der Waals surface area contributed by atoms with Gasteiger partial charge in [0.05, 0.1) is 0 Å². The molecule has 0 unspecified atom stereocenters. The maximum Gasteiger partial charge on any atom is 0.0235 e. The third-order valence-corrected chi connectivity index (χ3v) is 3.83. The molecule has 0 N–H and O–H groups in total. The first kappa shape index (κ1) is 13.9. The molecule has 0 aromatic heterocycles. The van der Waals surface area contributed by atoms with Gasteiger partial charge in [0.2, 0.25) is 0 Å². The van der Waals surface area contributed by atoms with Crippen LogP contribution in [0.1, 0.15) is 17.5 Å². The van der Waals surface area contributed by atoms with Gasteiger partial charge in [-0.15, -0.1) is 11.6 Å². The van der Waals surface area contributed by atoms with Gasteiger partial charge in [0.15, 0.2) is 0 Å². The molecule has 1 heterocycles. The van der Waals surface area contributed by atoms with Gasteiger partial charge in [-0.25, -0.2) is 0 Å². The van der Waals surface area contributed by atoms with E-state index in [0.29, 0.717) is 0 Å². The Hall–Kier alpha value is -0.570. The maximum atomic E-state index is 5.73. The molecule has 2 rings (SSSR count). The van der Waals surface area contributed by atoms with E-state index < -0.39 is 0 Å². The first-order chi connectivity index (χ1) is 8.78. The number of rotatable bonds is 5. The minimum absolute atomic E-state index is 0.781. The molecule has 1 aromatic rings. The monoisotopic (exact) mass is 266 g/mol. The third-order valence-electron chi connectivity index (χ3n) is 3.56. The quantitative estimate of drug-likeness (QED) is 0.757. The van der Waals surface area contributed by atoms with Gasteiger partial charge >= 0.3 is 0 Å². The summed E-state index contributed by atoms with van der Waals surface area (Å²) in [6.07, 6.45) is 1.11. The first-order valence-electron chi connectivity index (χ1n) is 6.84. The lowest BCUT2D eigenvalue weighted by Gasteiger charge is -2.34. The van der Waals surface area contributed by atoms with Crippen molar-refractivity contribution in [1.82, 2.24) is 9.80 Å². The third kappa shape index (κ3) is 4.27. The van der Waals surface area contributed by atoms with Gasteiger partial charge in [0.1, 0.15) is 0 Å². The zero-order chi connectivity index (χ0) is 12.8. The highest BCUT2D eigenvalue weighted by atomic mass is 35.5. The summed E-state index contributed by atoms with van der Waals surface area (Å²) in [5, 5.41) is 0. The van der Waals surface area contributed by atoms with Crippen LogP contribution in [0.4, 0.5) is 0 Å². The summed E-state index contributed by atoms with van der Waals surface area (Å²) in [5.41, 5.74) is 2.79. The molecule has 3 heteroatoms. The summed E-state index contributed by atoms with van der Waals surface area (Å²) in [4.78, 5) is 5.07. The molecule has 0 aliphatic carbocycles. The Morgan fingerprint density at radius 3 is 2.50 bits per heavy atom. The van der Waals surface area contributed by atoms with Crippen molar-refractivity contribution in [3.63, 3.8) is 0 Å². The molecule has 1 fully saturated rings. The van der Waals surface area contributed by atoms with E-state index in [4.69, 9.17) is 11.6 Å². The Balaban J connectivity index is 1.76. The fourth-order valence-corrected chi connectivity index (χ4v) is 2.64. The SMILES string of the molecule is Cc1cccc(CN2CCN(CCCCl)CC2)c1. The van der Waals surface area contributed by atoms with E-state index in [1.807, 2.05) is 0 Å². The average Bonchev–Trinajstić information content (AvgIpc) is 2.38. The van der Waals surface area contributed by atoms with Gasteiger partial charge in [-0.3, -0.25) is 4.90 Å². The standard InChI is InChI=1S/C15H23ClN2/c1-14-4-2-5-15(12-14)13-18-10-8-17(9-11-18)7-3-6-16/h2,4-5,12H,3,6-11,13H2,1H3. The van der Waals surface area contributed by atoms with Crippen molar-refractivity contribution < 1.29 is 0 Å². The molecule has 0 amide bonds. The van der Waals surface area contributed by atoms with E-state index in [1.54, 1.807) is 0 Å². The lowest BCUT2D eigenvalue weighted by atomic mass is 10.1. The second-order valence-corrected chi connectivity index (χ2v) is 5.53. The average molecular weight is 267 g/mol. The molecule has 1 saturated heterocycles. The Morgan fingerprint density at radius 1 is 1.11 bits per heavy atom. The van der Waals surface area contributed by atoms with E-state index >= 15 is 0 Å². The zero-order valence-electron chi connectivity index (χ0n) is 11.2. The van der Waals surface area contributed by atoms with E-state index in [9.17, 15) is 0 Å². The van der Waals surface area contributed by atoms with Crippen LogP contribution in [-0.4, -0.2) is 48.4 Å². The lowest BCUT2D eigenvalue weighted by molar-refractivity contribution is 0.127. The van der Waals surface area contributed by atoms with Crippen molar-refractivity contribution >= 4 is 11.6 Å². The Bertz CT molecular complexity index is 359. The van der Waals surface area contributed by atoms with Crippen molar-refractivity contribution in [2.24, 2.45) is 0 Å². The van der Waals surface area contributed by atoms with Gasteiger partial charge in [-0.05, 0) is 25.5 Å². The van der Waals surface area contributed by atoms with Crippen molar-refractivity contribution in [2.75, 3.05) is 38.6 Å². The highest BCUT2D eigenvalue weighted by Crippen LogP contribution is 2.10. The van der Waals surface area contributed by atoms with Crippen LogP contribution in [0, 0.1) is 6.92 Å². The molecule has 1 aliphatic heterocycles. The van der Waals surface area contributed by atoms with Crippen LogP contribution in [0.3, 0.4) is 0 Å². The van der Waals surface area contributed by atoms with Crippen molar-refractivity contribution in [1.29, 1.82) is 0 Å². The number of hydrogen-bond acceptors (Lipinski definition) is 2. The lowest BCUT2D eigenvalue weighted by Crippen LogP contribution is -2.46. The van der Waals surface area contributed by atoms with Gasteiger partial charge in [-0.1, -0.05) is 29.8 Å². The molecular formula is C15H23ClN2. The van der Waals surface area contributed by atoms with E-state index in [0.717, 1.165) is 25.4 Å². The molecule has 18 heavy (non-hydrogen) atoms. The number of piperazine rings is 1. The maximum absolute atomic E-state index is 5.73. The van der Waals surface area contributed by atoms with Crippen LogP contribution in [0.25, 0.3) is 0 Å². The minimum atomic E-state index is 0.781. The highest BCUT2D eigenvalue weighted by molar-refractivity contribution is 6.17. The number of alkyl halides is 1. The number of benzene rings is 1. The Labute approximate surface area is 116 Å². The van der Waals surface area contributed by atoms with E-state index in [-0.39, 0.29) is 0 Å². The number of aryl methyl sites for hydroxylation is 1. The number of halogens is 1. The van der Waals surface area contributed by atoms with Gasteiger partial charge < -0.3 is 4.90 Å². The van der Waals surface area contributed by atoms with Gasteiger partial charge in [-0.2, -0.15) is 0 Å². The fraction of sp³-hybridized carbons (Fsp3) is 0.600. The van der Waals surface area contributed by atoms with Crippen molar-refractivity contribution in [2.45, 2.75) is 19.9 Å². The number of nitrogens with zero attached hydrogens (tertiary/aromatic N) is 2. The second-order valence-electron chi connectivity index (χ2n) is 5.15. The molecular weight excluding hydrogens is 244 g/mol. The zero-order valence-corrected chi connectivity index (χ0v) is 12.0. The van der Waals surface area contributed by atoms with Gasteiger partial charge in [0.25, 0.3) is 0 Å². The normalized spacial score (nSPS) is 18.1. The molecule has 0 radical (unpaired) electrons. The Morgan fingerprint density at radius 2 is 1.83 bits per heavy atom. The van der Waals surface area contributed by atoms with Crippen LogP contribution >= 0.6 is 11.6 Å². The molecule has 0 saturated carbocycles. The predicted octanol–water partition coefficient (Wildman–Crippen LogP) is 2.74. The second kappa shape index (κ2) is 7.13. The largest absolute Gasteiger partial charge is 0.301 e. The molecule has 2 nitrogen and oxygen atoms in total. The first-order valence-corrected chi connectivity index (χ1v) is 7.37.